The van der Waals surface area contributed by atoms with Crippen LogP contribution in [0.25, 0.3) is 0 Å². The number of imide groups is 1. The number of carbonyl (C=O) groups is 2. The summed E-state index contributed by atoms with van der Waals surface area (Å²) in [5.74, 6) is -2.41. The lowest BCUT2D eigenvalue weighted by molar-refractivity contribution is -0.123. The van der Waals surface area contributed by atoms with Crippen LogP contribution in [-0.4, -0.2) is 23.0 Å². The van der Waals surface area contributed by atoms with Crippen molar-refractivity contribution in [2.75, 3.05) is 4.90 Å². The molecule has 5 heteroatoms. The highest BCUT2D eigenvalue weighted by Gasteiger charge is 2.54. The summed E-state index contributed by atoms with van der Waals surface area (Å²) in [6.07, 6.45) is 11.1. The van der Waals surface area contributed by atoms with E-state index < -0.39 is 23.8 Å². The van der Waals surface area contributed by atoms with Crippen LogP contribution in [0.2, 0.25) is 0 Å². The number of aliphatic hydroxyl groups excluding tert-OH is 1. The zero-order valence-corrected chi connectivity index (χ0v) is 19.8. The van der Waals surface area contributed by atoms with Crippen LogP contribution in [0.5, 0.6) is 0 Å². The molecule has 0 saturated carbocycles. The van der Waals surface area contributed by atoms with Gasteiger partial charge in [0.05, 0.1) is 23.6 Å². The summed E-state index contributed by atoms with van der Waals surface area (Å²) >= 11 is 0. The Kier molecular flexibility index (Phi) is 8.64. The number of amides is 2. The molecule has 0 unspecified atom stereocenters. The van der Waals surface area contributed by atoms with Crippen molar-refractivity contribution >= 4 is 17.5 Å². The number of allylic oxidation sites excluding steroid dienone is 1. The number of unbranched alkanes of at least 4 members (excludes halogenated alkanes) is 5. The van der Waals surface area contributed by atoms with Crippen molar-refractivity contribution < 1.29 is 19.1 Å². The van der Waals surface area contributed by atoms with E-state index in [1.165, 1.54) is 29.0 Å². The van der Waals surface area contributed by atoms with E-state index in [1.54, 1.807) is 13.0 Å². The lowest BCUT2D eigenvalue weighted by Gasteiger charge is -2.33. The second-order valence-corrected chi connectivity index (χ2v) is 9.56. The Morgan fingerprint density at radius 3 is 2.50 bits per heavy atom. The molecule has 1 fully saturated rings. The van der Waals surface area contributed by atoms with E-state index in [0.717, 1.165) is 44.9 Å². The molecule has 0 aromatic heterocycles. The smallest absolute Gasteiger partial charge is 0.238 e. The molecule has 1 aliphatic carbocycles. The van der Waals surface area contributed by atoms with Gasteiger partial charge in [0.2, 0.25) is 11.8 Å². The van der Waals surface area contributed by atoms with Crippen LogP contribution in [0.4, 0.5) is 10.1 Å². The number of halogens is 1. The molecule has 1 heterocycles. The molecule has 2 amide bonds. The summed E-state index contributed by atoms with van der Waals surface area (Å²) < 4.78 is 14.0. The van der Waals surface area contributed by atoms with Crippen molar-refractivity contribution in [2.24, 2.45) is 17.8 Å². The highest BCUT2D eigenvalue weighted by molar-refractivity contribution is 6.22. The summed E-state index contributed by atoms with van der Waals surface area (Å²) in [6, 6.07) is 4.21. The third-order valence-electron chi connectivity index (χ3n) is 7.11. The van der Waals surface area contributed by atoms with Crippen molar-refractivity contribution in [3.63, 3.8) is 0 Å². The van der Waals surface area contributed by atoms with E-state index in [1.807, 2.05) is 0 Å². The number of nitrogens with zero attached hydrogens (tertiary/aromatic N) is 1. The lowest BCUT2D eigenvalue weighted by Crippen LogP contribution is -2.37. The molecule has 3 rings (SSSR count). The van der Waals surface area contributed by atoms with Gasteiger partial charge in [-0.15, -0.1) is 0 Å². The number of carbonyl (C=O) groups excluding carboxylic acids is 2. The Labute approximate surface area is 191 Å². The SMILES string of the molecule is CCCCCCC1=C[C@H]([C@@H](O)CCCCC)[C@@H]2C(=O)N(c3cc(F)ccc3C)C(=O)[C@@H]2C1. The number of anilines is 1. The first kappa shape index (κ1) is 24.6. The van der Waals surface area contributed by atoms with E-state index in [2.05, 4.69) is 19.9 Å². The molecule has 1 saturated heterocycles. The van der Waals surface area contributed by atoms with Crippen LogP contribution >= 0.6 is 0 Å². The van der Waals surface area contributed by atoms with Gasteiger partial charge in [-0.3, -0.25) is 9.59 Å². The van der Waals surface area contributed by atoms with E-state index in [-0.39, 0.29) is 17.7 Å². The van der Waals surface area contributed by atoms with Crippen LogP contribution in [0.3, 0.4) is 0 Å². The number of aliphatic hydroxyl groups is 1. The quantitative estimate of drug-likeness (QED) is 0.255. The molecule has 2 aliphatic rings. The molecule has 0 bridgehead atoms. The van der Waals surface area contributed by atoms with Gasteiger partial charge in [0.25, 0.3) is 0 Å². The van der Waals surface area contributed by atoms with E-state index in [0.29, 0.717) is 24.1 Å². The molecule has 4 atom stereocenters. The van der Waals surface area contributed by atoms with Gasteiger partial charge >= 0.3 is 0 Å². The van der Waals surface area contributed by atoms with Crippen LogP contribution < -0.4 is 4.90 Å². The maximum Gasteiger partial charge on any atom is 0.238 e. The minimum atomic E-state index is -0.648. The number of hydrogen-bond donors (Lipinski definition) is 1. The molecule has 0 radical (unpaired) electrons. The number of hydrogen-bond acceptors (Lipinski definition) is 3. The van der Waals surface area contributed by atoms with Crippen molar-refractivity contribution in [1.82, 2.24) is 0 Å². The predicted molar refractivity (Wildman–Crippen MR) is 126 cm³/mol. The fraction of sp³-hybridized carbons (Fsp3) is 0.630. The molecular formula is C27H38FNO3. The van der Waals surface area contributed by atoms with E-state index >= 15 is 0 Å². The molecule has 1 aromatic rings. The normalized spacial score (nSPS) is 24.0. The van der Waals surface area contributed by atoms with Gasteiger partial charge in [-0.05, 0) is 50.3 Å². The van der Waals surface area contributed by atoms with Crippen molar-refractivity contribution in [2.45, 2.75) is 91.1 Å². The Hall–Kier alpha value is -2.01. The molecule has 1 N–H and O–H groups in total. The second-order valence-electron chi connectivity index (χ2n) is 9.56. The standard InChI is InChI=1S/C27H38FNO3/c1-4-6-8-10-11-19-15-21(24(30)12-9-7-5-2)25-22(16-19)26(31)29(27(25)32)23-17-20(28)14-13-18(23)3/h13-15,17,21-22,24-25,30H,4-12,16H2,1-3H3/t21-,22-,24+,25+/m1/s1. The van der Waals surface area contributed by atoms with Crippen LogP contribution in [-0.2, 0) is 9.59 Å². The molecule has 176 valence electrons. The first-order valence-electron chi connectivity index (χ1n) is 12.4. The number of benzene rings is 1. The van der Waals surface area contributed by atoms with Gasteiger partial charge < -0.3 is 5.11 Å². The Morgan fingerprint density at radius 1 is 1.06 bits per heavy atom. The van der Waals surface area contributed by atoms with Gasteiger partial charge in [0.15, 0.2) is 0 Å². The largest absolute Gasteiger partial charge is 0.392 e. The van der Waals surface area contributed by atoms with Gasteiger partial charge in [-0.25, -0.2) is 9.29 Å². The maximum atomic E-state index is 14.0. The van der Waals surface area contributed by atoms with Crippen molar-refractivity contribution in [3.8, 4) is 0 Å². The minimum Gasteiger partial charge on any atom is -0.392 e. The predicted octanol–water partition coefficient (Wildman–Crippen LogP) is 6.10. The topological polar surface area (TPSA) is 57.6 Å². The zero-order chi connectivity index (χ0) is 23.3. The zero-order valence-electron chi connectivity index (χ0n) is 19.8. The van der Waals surface area contributed by atoms with Gasteiger partial charge in [0.1, 0.15) is 5.82 Å². The highest BCUT2D eigenvalue weighted by Crippen LogP contribution is 2.46. The Balaban J connectivity index is 1.88. The maximum absolute atomic E-state index is 14.0. The summed E-state index contributed by atoms with van der Waals surface area (Å²) in [5, 5.41) is 11.0. The molecular weight excluding hydrogens is 405 g/mol. The highest BCUT2D eigenvalue weighted by atomic mass is 19.1. The van der Waals surface area contributed by atoms with Gasteiger partial charge in [-0.1, -0.05) is 70.1 Å². The van der Waals surface area contributed by atoms with Gasteiger partial charge in [-0.2, -0.15) is 0 Å². The fourth-order valence-electron chi connectivity index (χ4n) is 5.29. The average Bonchev–Trinajstić information content (AvgIpc) is 3.02. The summed E-state index contributed by atoms with van der Waals surface area (Å²) in [6.45, 7) is 6.08. The molecule has 0 spiro atoms. The monoisotopic (exact) mass is 443 g/mol. The first-order valence-corrected chi connectivity index (χ1v) is 12.4. The fourth-order valence-corrected chi connectivity index (χ4v) is 5.29. The Morgan fingerprint density at radius 2 is 1.78 bits per heavy atom. The van der Waals surface area contributed by atoms with Crippen molar-refractivity contribution in [3.05, 3.63) is 41.2 Å². The number of fused-ring (bicyclic) bond motifs is 1. The van der Waals surface area contributed by atoms with Gasteiger partial charge in [0, 0.05) is 5.92 Å². The number of rotatable bonds is 11. The molecule has 32 heavy (non-hydrogen) atoms. The molecule has 1 aliphatic heterocycles. The van der Waals surface area contributed by atoms with Crippen LogP contribution in [0.1, 0.15) is 83.6 Å². The molecule has 1 aromatic carbocycles. The first-order chi connectivity index (χ1) is 15.4. The average molecular weight is 444 g/mol. The minimum absolute atomic E-state index is 0.251. The number of aryl methyl sites for hydroxylation is 1. The van der Waals surface area contributed by atoms with Crippen molar-refractivity contribution in [1.29, 1.82) is 0 Å². The summed E-state index contributed by atoms with van der Waals surface area (Å²) in [7, 11) is 0. The van der Waals surface area contributed by atoms with Crippen LogP contribution in [0.15, 0.2) is 29.8 Å². The second kappa shape index (κ2) is 11.2. The van der Waals surface area contributed by atoms with E-state index in [4.69, 9.17) is 0 Å². The summed E-state index contributed by atoms with van der Waals surface area (Å²) in [5.41, 5.74) is 2.21. The third kappa shape index (κ3) is 5.31. The van der Waals surface area contributed by atoms with Crippen LogP contribution in [0, 0.1) is 30.5 Å². The Bertz CT molecular complexity index is 849. The third-order valence-corrected chi connectivity index (χ3v) is 7.11. The lowest BCUT2D eigenvalue weighted by atomic mass is 9.70. The summed E-state index contributed by atoms with van der Waals surface area (Å²) in [4.78, 5) is 28.1. The molecule has 4 nitrogen and oxygen atoms in total. The van der Waals surface area contributed by atoms with E-state index in [9.17, 15) is 19.1 Å².